The molecule has 0 aliphatic heterocycles. The number of aliphatic hydroxyl groups excluding tert-OH is 1. The van der Waals surface area contributed by atoms with E-state index in [2.05, 4.69) is 0 Å². The van der Waals surface area contributed by atoms with Gasteiger partial charge < -0.3 is 14.6 Å². The van der Waals surface area contributed by atoms with Gasteiger partial charge in [-0.1, -0.05) is 30.3 Å². The predicted octanol–water partition coefficient (Wildman–Crippen LogP) is 6.62. The lowest BCUT2D eigenvalue weighted by molar-refractivity contribution is 0.192. The Kier molecular flexibility index (Phi) is 7.23. The molecule has 0 bridgehead atoms. The van der Waals surface area contributed by atoms with Gasteiger partial charge >= 0.3 is 0 Å². The zero-order valence-corrected chi connectivity index (χ0v) is 18.5. The highest BCUT2D eigenvalue weighted by Gasteiger charge is 2.24. The van der Waals surface area contributed by atoms with Crippen LogP contribution < -0.4 is 9.47 Å². The Balaban J connectivity index is 1.35. The Morgan fingerprint density at radius 1 is 0.848 bits per heavy atom. The van der Waals surface area contributed by atoms with Crippen LogP contribution in [0.15, 0.2) is 54.6 Å². The summed E-state index contributed by atoms with van der Waals surface area (Å²) in [7, 11) is 1.45. The van der Waals surface area contributed by atoms with Gasteiger partial charge in [0, 0.05) is 5.56 Å². The first-order valence-corrected chi connectivity index (χ1v) is 11.1. The third-order valence-corrected chi connectivity index (χ3v) is 6.46. The summed E-state index contributed by atoms with van der Waals surface area (Å²) in [6.07, 6.45) is 3.52. The van der Waals surface area contributed by atoms with Gasteiger partial charge in [0.15, 0.2) is 23.1 Å². The SMILES string of the molecule is COc1ccc(C2CCC(COc3ccc(-c4ccc(CO)cc4)c(F)c3F)CC2)cc1F. The van der Waals surface area contributed by atoms with Gasteiger partial charge in [0.25, 0.3) is 0 Å². The molecule has 1 aliphatic carbocycles. The van der Waals surface area contributed by atoms with Gasteiger partial charge in [0.05, 0.1) is 20.3 Å². The fraction of sp³-hybridized carbons (Fsp3) is 0.333. The predicted molar refractivity (Wildman–Crippen MR) is 121 cm³/mol. The molecule has 0 heterocycles. The van der Waals surface area contributed by atoms with E-state index in [1.165, 1.54) is 25.3 Å². The van der Waals surface area contributed by atoms with Crippen molar-refractivity contribution in [3.8, 4) is 22.6 Å². The molecule has 0 atom stereocenters. The summed E-state index contributed by atoms with van der Waals surface area (Å²) in [6.45, 7) is 0.202. The molecule has 1 fully saturated rings. The second kappa shape index (κ2) is 10.3. The first kappa shape index (κ1) is 23.2. The highest BCUT2D eigenvalue weighted by atomic mass is 19.2. The van der Waals surface area contributed by atoms with Crippen molar-refractivity contribution in [2.24, 2.45) is 5.92 Å². The van der Waals surface area contributed by atoms with Crippen LogP contribution in [0.25, 0.3) is 11.1 Å². The van der Waals surface area contributed by atoms with Gasteiger partial charge in [0.1, 0.15) is 0 Å². The van der Waals surface area contributed by atoms with Gasteiger partial charge in [-0.15, -0.1) is 0 Å². The summed E-state index contributed by atoms with van der Waals surface area (Å²) in [5.74, 6) is -1.66. The van der Waals surface area contributed by atoms with Gasteiger partial charge in [-0.05, 0) is 78.5 Å². The maximum Gasteiger partial charge on any atom is 0.201 e. The van der Waals surface area contributed by atoms with Crippen LogP contribution in [0.5, 0.6) is 11.5 Å². The molecule has 1 N–H and O–H groups in total. The molecule has 174 valence electrons. The number of ether oxygens (including phenoxy) is 2. The lowest BCUT2D eigenvalue weighted by Gasteiger charge is -2.29. The van der Waals surface area contributed by atoms with Crippen molar-refractivity contribution in [3.63, 3.8) is 0 Å². The van der Waals surface area contributed by atoms with Crippen LogP contribution in [0.1, 0.15) is 42.7 Å². The maximum absolute atomic E-state index is 14.7. The molecule has 0 amide bonds. The maximum atomic E-state index is 14.7. The lowest BCUT2D eigenvalue weighted by atomic mass is 9.79. The molecule has 33 heavy (non-hydrogen) atoms. The summed E-state index contributed by atoms with van der Waals surface area (Å²) in [5, 5.41) is 9.13. The van der Waals surface area contributed by atoms with Gasteiger partial charge in [0.2, 0.25) is 5.82 Å². The van der Waals surface area contributed by atoms with Gasteiger partial charge in [-0.25, -0.2) is 8.78 Å². The summed E-state index contributed by atoms with van der Waals surface area (Å²) >= 11 is 0. The smallest absolute Gasteiger partial charge is 0.201 e. The molecule has 0 spiro atoms. The molecule has 3 aromatic rings. The van der Waals surface area contributed by atoms with E-state index < -0.39 is 11.6 Å². The summed E-state index contributed by atoms with van der Waals surface area (Å²) in [6, 6.07) is 14.7. The molecule has 3 nitrogen and oxygen atoms in total. The second-order valence-electron chi connectivity index (χ2n) is 8.52. The topological polar surface area (TPSA) is 38.7 Å². The zero-order valence-electron chi connectivity index (χ0n) is 18.5. The van der Waals surface area contributed by atoms with Crippen LogP contribution >= 0.6 is 0 Å². The Bertz CT molecular complexity index is 1090. The van der Waals surface area contributed by atoms with Crippen molar-refractivity contribution in [2.75, 3.05) is 13.7 Å². The number of hydrogen-bond donors (Lipinski definition) is 1. The van der Waals surface area contributed by atoms with Crippen LogP contribution in [-0.4, -0.2) is 18.8 Å². The monoisotopic (exact) mass is 456 g/mol. The first-order chi connectivity index (χ1) is 16.0. The highest BCUT2D eigenvalue weighted by Crippen LogP contribution is 2.38. The van der Waals surface area contributed by atoms with Crippen LogP contribution in [-0.2, 0) is 6.61 Å². The van der Waals surface area contributed by atoms with Crippen LogP contribution in [0.4, 0.5) is 13.2 Å². The highest BCUT2D eigenvalue weighted by molar-refractivity contribution is 5.65. The van der Waals surface area contributed by atoms with Crippen molar-refractivity contribution >= 4 is 0 Å². The van der Waals surface area contributed by atoms with Crippen molar-refractivity contribution in [3.05, 3.63) is 83.2 Å². The number of methoxy groups -OCH3 is 1. The standard InChI is InChI=1S/C27H27F3O3/c1-32-24-12-10-21(14-23(24)28)19-6-4-18(5-7-19)16-33-25-13-11-22(26(29)27(25)30)20-8-2-17(15-31)3-9-20/h2-3,8-14,18-19,31H,4-7,15-16H2,1H3. The third-order valence-electron chi connectivity index (χ3n) is 6.46. The quantitative estimate of drug-likeness (QED) is 0.434. The minimum atomic E-state index is -0.999. The molecule has 1 saturated carbocycles. The van der Waals surface area contributed by atoms with Gasteiger partial charge in [-0.3, -0.25) is 0 Å². The molecule has 1 aliphatic rings. The molecule has 0 radical (unpaired) electrons. The molecule has 3 aromatic carbocycles. The number of hydrogen-bond acceptors (Lipinski definition) is 3. The molecular formula is C27H27F3O3. The molecule has 0 saturated heterocycles. The molecular weight excluding hydrogens is 429 g/mol. The summed E-state index contributed by atoms with van der Waals surface area (Å²) < 4.78 is 54.0. The number of rotatable bonds is 7. The van der Waals surface area contributed by atoms with E-state index in [9.17, 15) is 13.2 Å². The van der Waals surface area contributed by atoms with Crippen molar-refractivity contribution in [1.82, 2.24) is 0 Å². The number of halogens is 3. The van der Waals surface area contributed by atoms with E-state index >= 15 is 0 Å². The van der Waals surface area contributed by atoms with Crippen molar-refractivity contribution < 1.29 is 27.8 Å². The Hall–Kier alpha value is -2.99. The fourth-order valence-electron chi connectivity index (χ4n) is 4.46. The number of aliphatic hydroxyl groups is 1. The molecule has 0 aromatic heterocycles. The molecule has 6 heteroatoms. The van der Waals surface area contributed by atoms with E-state index in [-0.39, 0.29) is 41.3 Å². The Labute approximate surface area is 191 Å². The van der Waals surface area contributed by atoms with Crippen LogP contribution in [0, 0.1) is 23.4 Å². The lowest BCUT2D eigenvalue weighted by Crippen LogP contribution is -2.19. The Morgan fingerprint density at radius 2 is 1.55 bits per heavy atom. The molecule has 0 unspecified atom stereocenters. The number of benzene rings is 3. The minimum absolute atomic E-state index is 0.0948. The van der Waals surface area contributed by atoms with Gasteiger partial charge in [-0.2, -0.15) is 4.39 Å². The fourth-order valence-corrected chi connectivity index (χ4v) is 4.46. The minimum Gasteiger partial charge on any atom is -0.494 e. The van der Waals surface area contributed by atoms with E-state index in [0.29, 0.717) is 17.7 Å². The van der Waals surface area contributed by atoms with E-state index in [4.69, 9.17) is 14.6 Å². The van der Waals surface area contributed by atoms with Crippen LogP contribution in [0.2, 0.25) is 0 Å². The van der Waals surface area contributed by atoms with Crippen molar-refractivity contribution in [1.29, 1.82) is 0 Å². The van der Waals surface area contributed by atoms with Crippen molar-refractivity contribution in [2.45, 2.75) is 38.2 Å². The first-order valence-electron chi connectivity index (χ1n) is 11.1. The average molecular weight is 457 g/mol. The normalized spacial score (nSPS) is 18.2. The Morgan fingerprint density at radius 3 is 2.18 bits per heavy atom. The van der Waals surface area contributed by atoms with Crippen LogP contribution in [0.3, 0.4) is 0 Å². The van der Waals surface area contributed by atoms with E-state index in [1.807, 2.05) is 6.07 Å². The summed E-state index contributed by atoms with van der Waals surface area (Å²) in [5.41, 5.74) is 2.34. The zero-order chi connectivity index (χ0) is 23.4. The third kappa shape index (κ3) is 5.17. The largest absolute Gasteiger partial charge is 0.494 e. The van der Waals surface area contributed by atoms with E-state index in [0.717, 1.165) is 31.2 Å². The van der Waals surface area contributed by atoms with E-state index in [1.54, 1.807) is 30.3 Å². The summed E-state index contributed by atoms with van der Waals surface area (Å²) in [4.78, 5) is 0. The second-order valence-corrected chi connectivity index (χ2v) is 8.52. The average Bonchev–Trinajstić information content (AvgIpc) is 2.85. The molecule has 4 rings (SSSR count).